The van der Waals surface area contributed by atoms with E-state index in [0.29, 0.717) is 12.6 Å². The largest absolute Gasteiger partial charge is 0.328 e. The van der Waals surface area contributed by atoms with Crippen LogP contribution in [-0.2, 0) is 13.1 Å². The van der Waals surface area contributed by atoms with Gasteiger partial charge in [0.1, 0.15) is 5.82 Å². The maximum Gasteiger partial charge on any atom is 0.123 e. The van der Waals surface area contributed by atoms with E-state index in [9.17, 15) is 4.39 Å². The summed E-state index contributed by atoms with van der Waals surface area (Å²) in [5, 5.41) is 4.39. The molecule has 0 unspecified atom stereocenters. The smallest absolute Gasteiger partial charge is 0.123 e. The summed E-state index contributed by atoms with van der Waals surface area (Å²) in [4.78, 5) is 2.42. The molecule has 1 saturated heterocycles. The summed E-state index contributed by atoms with van der Waals surface area (Å²) in [5.74, 6) is -0.205. The van der Waals surface area contributed by atoms with Crippen molar-refractivity contribution in [1.29, 1.82) is 0 Å². The van der Waals surface area contributed by atoms with E-state index < -0.39 is 0 Å². The Bertz CT molecular complexity index is 576. The van der Waals surface area contributed by atoms with Crippen LogP contribution in [0.1, 0.15) is 24.0 Å². The van der Waals surface area contributed by atoms with Crippen molar-refractivity contribution in [2.75, 3.05) is 13.1 Å². The maximum absolute atomic E-state index is 12.9. The van der Waals surface area contributed by atoms with Gasteiger partial charge in [-0.2, -0.15) is 5.10 Å². The van der Waals surface area contributed by atoms with Gasteiger partial charge in [-0.05, 0) is 43.6 Å². The van der Waals surface area contributed by atoms with Crippen LogP contribution in [0, 0.1) is 5.82 Å². The average Bonchev–Trinajstić information content (AvgIpc) is 2.91. The molecule has 2 aromatic rings. The van der Waals surface area contributed by atoms with E-state index in [0.717, 1.165) is 38.0 Å². The maximum atomic E-state index is 12.9. The molecule has 1 fully saturated rings. The monoisotopic (exact) mass is 324 g/mol. The van der Waals surface area contributed by atoms with E-state index in [1.54, 1.807) is 12.1 Å². The zero-order valence-corrected chi connectivity index (χ0v) is 13.3. The van der Waals surface area contributed by atoms with Crippen molar-refractivity contribution in [2.24, 2.45) is 5.73 Å². The third kappa shape index (κ3) is 4.53. The molecule has 0 spiro atoms. The van der Waals surface area contributed by atoms with Crippen LogP contribution in [-0.4, -0.2) is 33.8 Å². The number of aromatic nitrogens is 2. The molecule has 4 nitrogen and oxygen atoms in total. The Morgan fingerprint density at radius 2 is 1.77 bits per heavy atom. The Morgan fingerprint density at radius 3 is 2.45 bits per heavy atom. The van der Waals surface area contributed by atoms with Gasteiger partial charge in [0.25, 0.3) is 0 Å². The molecule has 0 bridgehead atoms. The van der Waals surface area contributed by atoms with Crippen molar-refractivity contribution in [2.45, 2.75) is 32.0 Å². The van der Waals surface area contributed by atoms with Crippen molar-refractivity contribution in [3.63, 3.8) is 0 Å². The summed E-state index contributed by atoms with van der Waals surface area (Å²) in [5.41, 5.74) is 8.19. The van der Waals surface area contributed by atoms with Crippen LogP contribution in [0.25, 0.3) is 0 Å². The first-order valence-corrected chi connectivity index (χ1v) is 7.43. The standard InChI is InChI=1S/C16H21FN4.ClH/c17-15-3-1-13(2-4-15)11-21-12-14(9-19-21)10-20-7-5-16(18)6-8-20;/h1-4,9,12,16H,5-8,10-11,18H2;1H. The molecule has 1 aromatic heterocycles. The molecule has 1 aliphatic heterocycles. The van der Waals surface area contributed by atoms with Crippen molar-refractivity contribution in [1.82, 2.24) is 14.7 Å². The van der Waals surface area contributed by atoms with Crippen molar-refractivity contribution < 1.29 is 4.39 Å². The molecule has 0 atom stereocenters. The predicted molar refractivity (Wildman–Crippen MR) is 87.5 cm³/mol. The van der Waals surface area contributed by atoms with Gasteiger partial charge in [0.05, 0.1) is 12.7 Å². The SMILES string of the molecule is Cl.NC1CCN(Cc2cnn(Cc3ccc(F)cc3)c2)CC1. The number of rotatable bonds is 4. The Labute approximate surface area is 136 Å². The van der Waals surface area contributed by atoms with Crippen molar-refractivity contribution >= 4 is 12.4 Å². The molecule has 3 rings (SSSR count). The summed E-state index contributed by atoms with van der Waals surface area (Å²) in [6.07, 6.45) is 6.13. The minimum absolute atomic E-state index is 0. The Balaban J connectivity index is 0.00000176. The highest BCUT2D eigenvalue weighted by molar-refractivity contribution is 5.85. The first-order valence-electron chi connectivity index (χ1n) is 7.43. The summed E-state index contributed by atoms with van der Waals surface area (Å²) in [7, 11) is 0. The third-order valence-electron chi connectivity index (χ3n) is 3.98. The highest BCUT2D eigenvalue weighted by atomic mass is 35.5. The van der Waals surface area contributed by atoms with Gasteiger partial charge in [-0.3, -0.25) is 9.58 Å². The van der Waals surface area contributed by atoms with Crippen LogP contribution in [0.5, 0.6) is 0 Å². The third-order valence-corrected chi connectivity index (χ3v) is 3.98. The van der Waals surface area contributed by atoms with Crippen LogP contribution in [0.15, 0.2) is 36.7 Å². The molecule has 1 aliphatic rings. The Kier molecular flexibility index (Phi) is 5.94. The normalized spacial score (nSPS) is 16.5. The molecule has 0 aliphatic carbocycles. The second kappa shape index (κ2) is 7.72. The van der Waals surface area contributed by atoms with Gasteiger partial charge in [0.15, 0.2) is 0 Å². The average molecular weight is 325 g/mol. The fraction of sp³-hybridized carbons (Fsp3) is 0.438. The van der Waals surface area contributed by atoms with E-state index in [1.165, 1.54) is 17.7 Å². The van der Waals surface area contributed by atoms with Gasteiger partial charge in [0, 0.05) is 24.3 Å². The fourth-order valence-electron chi connectivity index (χ4n) is 2.72. The molecular weight excluding hydrogens is 303 g/mol. The van der Waals surface area contributed by atoms with E-state index in [1.807, 2.05) is 10.9 Å². The van der Waals surface area contributed by atoms with Gasteiger partial charge < -0.3 is 5.73 Å². The van der Waals surface area contributed by atoms with Crippen molar-refractivity contribution in [3.8, 4) is 0 Å². The van der Waals surface area contributed by atoms with Crippen LogP contribution in [0.2, 0.25) is 0 Å². The minimum atomic E-state index is -0.205. The molecule has 22 heavy (non-hydrogen) atoms. The van der Waals surface area contributed by atoms with Crippen LogP contribution < -0.4 is 5.73 Å². The Morgan fingerprint density at radius 1 is 1.09 bits per heavy atom. The van der Waals surface area contributed by atoms with Crippen LogP contribution >= 0.6 is 12.4 Å². The number of likely N-dealkylation sites (tertiary alicyclic amines) is 1. The summed E-state index contributed by atoms with van der Waals surface area (Å²) in [6.45, 7) is 3.72. The number of hydrogen-bond donors (Lipinski definition) is 1. The second-order valence-corrected chi connectivity index (χ2v) is 5.79. The highest BCUT2D eigenvalue weighted by Crippen LogP contribution is 2.13. The quantitative estimate of drug-likeness (QED) is 0.939. The number of nitrogens with zero attached hydrogens (tertiary/aromatic N) is 3. The molecule has 0 radical (unpaired) electrons. The topological polar surface area (TPSA) is 47.1 Å². The van der Waals surface area contributed by atoms with Crippen LogP contribution in [0.4, 0.5) is 4.39 Å². The van der Waals surface area contributed by atoms with E-state index in [4.69, 9.17) is 5.73 Å². The Hall–Kier alpha value is -1.43. The molecule has 1 aromatic carbocycles. The van der Waals surface area contributed by atoms with E-state index >= 15 is 0 Å². The summed E-state index contributed by atoms with van der Waals surface area (Å²) >= 11 is 0. The zero-order valence-electron chi connectivity index (χ0n) is 12.5. The van der Waals surface area contributed by atoms with Gasteiger partial charge >= 0.3 is 0 Å². The lowest BCUT2D eigenvalue weighted by atomic mass is 10.1. The lowest BCUT2D eigenvalue weighted by Gasteiger charge is -2.29. The predicted octanol–water partition coefficient (Wildman–Crippen LogP) is 2.42. The molecule has 2 heterocycles. The van der Waals surface area contributed by atoms with E-state index in [-0.39, 0.29) is 18.2 Å². The molecule has 120 valence electrons. The molecule has 2 N–H and O–H groups in total. The number of hydrogen-bond acceptors (Lipinski definition) is 3. The molecular formula is C16H22ClFN4. The lowest BCUT2D eigenvalue weighted by Crippen LogP contribution is -2.39. The van der Waals surface area contributed by atoms with Gasteiger partial charge in [-0.1, -0.05) is 12.1 Å². The number of piperidine rings is 1. The van der Waals surface area contributed by atoms with Crippen LogP contribution in [0.3, 0.4) is 0 Å². The summed E-state index contributed by atoms with van der Waals surface area (Å²) in [6, 6.07) is 6.92. The number of halogens is 2. The summed E-state index contributed by atoms with van der Waals surface area (Å²) < 4.78 is 14.8. The van der Waals surface area contributed by atoms with Gasteiger partial charge in [0.2, 0.25) is 0 Å². The fourth-order valence-corrected chi connectivity index (χ4v) is 2.72. The molecule has 0 amide bonds. The number of benzene rings is 1. The molecule has 0 saturated carbocycles. The first kappa shape index (κ1) is 16.9. The first-order chi connectivity index (χ1) is 10.2. The van der Waals surface area contributed by atoms with Gasteiger partial charge in [-0.15, -0.1) is 12.4 Å². The van der Waals surface area contributed by atoms with Gasteiger partial charge in [-0.25, -0.2) is 4.39 Å². The highest BCUT2D eigenvalue weighted by Gasteiger charge is 2.16. The zero-order chi connectivity index (χ0) is 14.7. The molecule has 6 heteroatoms. The second-order valence-electron chi connectivity index (χ2n) is 5.79. The number of nitrogens with two attached hydrogens (primary N) is 1. The van der Waals surface area contributed by atoms with E-state index in [2.05, 4.69) is 16.2 Å². The minimum Gasteiger partial charge on any atom is -0.328 e. The van der Waals surface area contributed by atoms with Crippen molar-refractivity contribution in [3.05, 3.63) is 53.6 Å². The lowest BCUT2D eigenvalue weighted by molar-refractivity contribution is 0.205.